The third kappa shape index (κ3) is 2.53. The van der Waals surface area contributed by atoms with Crippen molar-refractivity contribution in [2.75, 3.05) is 6.61 Å². The number of para-hydroxylation sites is 1. The summed E-state index contributed by atoms with van der Waals surface area (Å²) >= 11 is 1.83. The summed E-state index contributed by atoms with van der Waals surface area (Å²) in [7, 11) is 0. The van der Waals surface area contributed by atoms with Gasteiger partial charge in [-0.25, -0.2) is 0 Å². The molecular formula is C16H19NOS. The molecule has 19 heavy (non-hydrogen) atoms. The zero-order chi connectivity index (χ0) is 13.2. The van der Waals surface area contributed by atoms with Gasteiger partial charge < -0.3 is 10.1 Å². The summed E-state index contributed by atoms with van der Waals surface area (Å²) in [5.74, 6) is 1.03. The fraction of sp³-hybridized carbons (Fsp3) is 0.375. The number of ether oxygens (including phenoxy) is 1. The van der Waals surface area contributed by atoms with Crippen LogP contribution in [-0.2, 0) is 0 Å². The van der Waals surface area contributed by atoms with E-state index in [9.17, 15) is 0 Å². The van der Waals surface area contributed by atoms with Gasteiger partial charge in [-0.2, -0.15) is 0 Å². The molecule has 1 N–H and O–H groups in total. The van der Waals surface area contributed by atoms with Gasteiger partial charge in [0.2, 0.25) is 0 Å². The molecule has 3 heteroatoms. The summed E-state index contributed by atoms with van der Waals surface area (Å²) in [4.78, 5) is 1.43. The molecule has 3 rings (SSSR count). The first-order valence-corrected chi connectivity index (χ1v) is 7.65. The van der Waals surface area contributed by atoms with Gasteiger partial charge in [-0.3, -0.25) is 0 Å². The molecule has 1 aromatic carbocycles. The minimum Gasteiger partial charge on any atom is -0.493 e. The molecule has 2 unspecified atom stereocenters. The Morgan fingerprint density at radius 2 is 2.16 bits per heavy atom. The monoisotopic (exact) mass is 273 g/mol. The quantitative estimate of drug-likeness (QED) is 0.903. The molecule has 0 spiro atoms. The highest BCUT2D eigenvalue weighted by Gasteiger charge is 2.23. The topological polar surface area (TPSA) is 21.3 Å². The van der Waals surface area contributed by atoms with E-state index in [1.165, 1.54) is 16.0 Å². The molecule has 0 saturated heterocycles. The van der Waals surface area contributed by atoms with E-state index < -0.39 is 0 Å². The Morgan fingerprint density at radius 1 is 1.32 bits per heavy atom. The SMILES string of the molecule is Cc1ccsc1C(C)NC1CCOc2ccccc21. The number of thiophene rings is 1. The Morgan fingerprint density at radius 3 is 2.95 bits per heavy atom. The van der Waals surface area contributed by atoms with Crippen LogP contribution >= 0.6 is 11.3 Å². The van der Waals surface area contributed by atoms with Gasteiger partial charge in [0.05, 0.1) is 6.61 Å². The second-order valence-electron chi connectivity index (χ2n) is 5.08. The molecule has 2 aromatic rings. The van der Waals surface area contributed by atoms with E-state index in [1.54, 1.807) is 0 Å². The fourth-order valence-electron chi connectivity index (χ4n) is 2.72. The Bertz CT molecular complexity index is 563. The predicted octanol–water partition coefficient (Wildman–Crippen LogP) is 4.23. The summed E-state index contributed by atoms with van der Waals surface area (Å²) < 4.78 is 5.71. The van der Waals surface area contributed by atoms with Gasteiger partial charge in [-0.15, -0.1) is 11.3 Å². The van der Waals surface area contributed by atoms with Crippen molar-refractivity contribution in [3.63, 3.8) is 0 Å². The van der Waals surface area contributed by atoms with Crippen molar-refractivity contribution in [2.45, 2.75) is 32.4 Å². The molecule has 0 amide bonds. The van der Waals surface area contributed by atoms with E-state index in [0.717, 1.165) is 18.8 Å². The third-order valence-electron chi connectivity index (χ3n) is 3.70. The molecule has 2 atom stereocenters. The number of nitrogens with one attached hydrogen (secondary N) is 1. The molecule has 1 aromatic heterocycles. The van der Waals surface area contributed by atoms with Crippen LogP contribution in [0.25, 0.3) is 0 Å². The van der Waals surface area contributed by atoms with E-state index in [-0.39, 0.29) is 0 Å². The number of rotatable bonds is 3. The Hall–Kier alpha value is -1.32. The second-order valence-corrected chi connectivity index (χ2v) is 6.03. The van der Waals surface area contributed by atoms with Crippen LogP contribution in [0.5, 0.6) is 5.75 Å². The number of aryl methyl sites for hydroxylation is 1. The number of hydrogen-bond acceptors (Lipinski definition) is 3. The Kier molecular flexibility index (Phi) is 3.58. The Balaban J connectivity index is 1.80. The maximum atomic E-state index is 5.71. The first kappa shape index (κ1) is 12.7. The van der Waals surface area contributed by atoms with Crippen LogP contribution < -0.4 is 10.1 Å². The van der Waals surface area contributed by atoms with Crippen molar-refractivity contribution in [3.8, 4) is 5.75 Å². The molecule has 100 valence electrons. The average Bonchev–Trinajstić information content (AvgIpc) is 2.85. The predicted molar refractivity (Wildman–Crippen MR) is 79.9 cm³/mol. The lowest BCUT2D eigenvalue weighted by Crippen LogP contribution is -2.29. The smallest absolute Gasteiger partial charge is 0.124 e. The normalized spacial score (nSPS) is 19.6. The molecule has 2 heterocycles. The molecule has 1 aliphatic rings. The number of hydrogen-bond donors (Lipinski definition) is 1. The summed E-state index contributed by atoms with van der Waals surface area (Å²) in [6.45, 7) is 5.23. The molecule has 0 saturated carbocycles. The minimum absolute atomic E-state index is 0.385. The second kappa shape index (κ2) is 5.35. The first-order valence-electron chi connectivity index (χ1n) is 6.77. The van der Waals surface area contributed by atoms with E-state index in [0.29, 0.717) is 12.1 Å². The van der Waals surface area contributed by atoms with Crippen molar-refractivity contribution in [3.05, 3.63) is 51.7 Å². The van der Waals surface area contributed by atoms with Crippen LogP contribution in [0.4, 0.5) is 0 Å². The van der Waals surface area contributed by atoms with Crippen LogP contribution in [0.15, 0.2) is 35.7 Å². The van der Waals surface area contributed by atoms with Crippen LogP contribution in [-0.4, -0.2) is 6.61 Å². The molecule has 2 nitrogen and oxygen atoms in total. The van der Waals surface area contributed by atoms with Crippen molar-refractivity contribution in [2.24, 2.45) is 0 Å². The van der Waals surface area contributed by atoms with Crippen molar-refractivity contribution in [1.82, 2.24) is 5.32 Å². The summed E-state index contributed by atoms with van der Waals surface area (Å²) in [6, 6.07) is 11.3. The van der Waals surface area contributed by atoms with Gasteiger partial charge in [-0.1, -0.05) is 18.2 Å². The highest BCUT2D eigenvalue weighted by Crippen LogP contribution is 2.34. The van der Waals surface area contributed by atoms with Gasteiger partial charge in [0.25, 0.3) is 0 Å². The van der Waals surface area contributed by atoms with Gasteiger partial charge in [0.1, 0.15) is 5.75 Å². The average molecular weight is 273 g/mol. The molecule has 0 aliphatic carbocycles. The van der Waals surface area contributed by atoms with Gasteiger partial charge in [-0.05, 0) is 36.9 Å². The number of benzene rings is 1. The molecule has 0 fully saturated rings. The molecular weight excluding hydrogens is 254 g/mol. The summed E-state index contributed by atoms with van der Waals surface area (Å²) in [6.07, 6.45) is 1.03. The highest BCUT2D eigenvalue weighted by molar-refractivity contribution is 7.10. The maximum absolute atomic E-state index is 5.71. The lowest BCUT2D eigenvalue weighted by Gasteiger charge is -2.29. The maximum Gasteiger partial charge on any atom is 0.124 e. The van der Waals surface area contributed by atoms with Gasteiger partial charge in [0.15, 0.2) is 0 Å². The lowest BCUT2D eigenvalue weighted by atomic mass is 9.99. The van der Waals surface area contributed by atoms with Crippen molar-refractivity contribution < 1.29 is 4.74 Å². The standard InChI is InChI=1S/C16H19NOS/c1-11-8-10-19-16(11)12(2)17-14-7-9-18-15-6-4-3-5-13(14)15/h3-6,8,10,12,14,17H,7,9H2,1-2H3. The summed E-state index contributed by atoms with van der Waals surface area (Å²) in [5, 5.41) is 5.92. The molecule has 0 bridgehead atoms. The first-order chi connectivity index (χ1) is 9.25. The zero-order valence-electron chi connectivity index (χ0n) is 11.3. The van der Waals surface area contributed by atoms with Gasteiger partial charge >= 0.3 is 0 Å². The van der Waals surface area contributed by atoms with Crippen LogP contribution in [0.2, 0.25) is 0 Å². The van der Waals surface area contributed by atoms with Gasteiger partial charge in [0, 0.05) is 28.9 Å². The fourth-order valence-corrected chi connectivity index (χ4v) is 3.67. The number of fused-ring (bicyclic) bond motifs is 1. The molecule has 1 aliphatic heterocycles. The van der Waals surface area contributed by atoms with Crippen molar-refractivity contribution in [1.29, 1.82) is 0 Å². The Labute approximate surface area is 118 Å². The van der Waals surface area contributed by atoms with Crippen LogP contribution in [0, 0.1) is 6.92 Å². The minimum atomic E-state index is 0.385. The van der Waals surface area contributed by atoms with Crippen LogP contribution in [0.3, 0.4) is 0 Å². The third-order valence-corrected chi connectivity index (χ3v) is 4.91. The van der Waals surface area contributed by atoms with E-state index in [4.69, 9.17) is 4.74 Å². The van der Waals surface area contributed by atoms with Crippen LogP contribution in [0.1, 0.15) is 41.4 Å². The van der Waals surface area contributed by atoms with E-state index in [2.05, 4.69) is 48.8 Å². The lowest BCUT2D eigenvalue weighted by molar-refractivity contribution is 0.246. The zero-order valence-corrected chi connectivity index (χ0v) is 12.2. The molecule has 0 radical (unpaired) electrons. The largest absolute Gasteiger partial charge is 0.493 e. The highest BCUT2D eigenvalue weighted by atomic mass is 32.1. The van der Waals surface area contributed by atoms with E-state index >= 15 is 0 Å². The van der Waals surface area contributed by atoms with Crippen molar-refractivity contribution >= 4 is 11.3 Å². The van der Waals surface area contributed by atoms with E-state index in [1.807, 2.05) is 17.4 Å². The summed E-state index contributed by atoms with van der Waals surface area (Å²) in [5.41, 5.74) is 2.67.